The third kappa shape index (κ3) is 3.14. The van der Waals surface area contributed by atoms with Gasteiger partial charge in [0, 0.05) is 30.1 Å². The van der Waals surface area contributed by atoms with Gasteiger partial charge in [0.15, 0.2) is 11.5 Å². The standard InChI is InChI=1S/C28H32N2O4S/c1-3-14-30-15-13-27-24-18-9-10-21(31)25(24)34-26(27)20(11-12-28(27,33)22(30)16-18)29(2)23(32)17-35-19-7-5-4-6-8-19/h3-10,20,22,26,31,33H,1,11-17H2,2H3/t20-,22+,26-,27-,28+/m0/s1. The van der Waals surface area contributed by atoms with Crippen molar-refractivity contribution in [1.82, 2.24) is 9.80 Å². The molecule has 0 unspecified atom stereocenters. The zero-order chi connectivity index (χ0) is 24.4. The maximum absolute atomic E-state index is 13.3. The molecule has 4 aliphatic rings. The first kappa shape index (κ1) is 23.0. The molecule has 184 valence electrons. The Kier molecular flexibility index (Phi) is 5.43. The Hall–Kier alpha value is -2.48. The van der Waals surface area contributed by atoms with Gasteiger partial charge >= 0.3 is 0 Å². The van der Waals surface area contributed by atoms with E-state index in [-0.39, 0.29) is 23.7 Å². The summed E-state index contributed by atoms with van der Waals surface area (Å²) in [5.74, 6) is 1.02. The molecule has 5 atom stereocenters. The molecule has 1 saturated heterocycles. The molecule has 6 nitrogen and oxygen atoms in total. The fraction of sp³-hybridized carbons (Fsp3) is 0.464. The Labute approximate surface area is 210 Å². The molecule has 1 amide bonds. The highest BCUT2D eigenvalue weighted by molar-refractivity contribution is 8.00. The molecular weight excluding hydrogens is 460 g/mol. The van der Waals surface area contributed by atoms with Gasteiger partial charge in [-0.1, -0.05) is 30.3 Å². The SMILES string of the molecule is C=CCN1CC[C@]23c4c5ccc(O)c4O[C@H]2[C@@H](N(C)C(=O)CSc2ccccc2)CC[C@@]3(O)[C@H]1C5. The molecule has 2 heterocycles. The van der Waals surface area contributed by atoms with Crippen LogP contribution in [-0.2, 0) is 16.6 Å². The summed E-state index contributed by atoms with van der Waals surface area (Å²) in [7, 11) is 1.86. The van der Waals surface area contributed by atoms with Gasteiger partial charge < -0.3 is 19.8 Å². The highest BCUT2D eigenvalue weighted by Gasteiger charge is 2.73. The summed E-state index contributed by atoms with van der Waals surface area (Å²) in [5.41, 5.74) is 0.493. The first-order valence-electron chi connectivity index (χ1n) is 12.4. The summed E-state index contributed by atoms with van der Waals surface area (Å²) in [6.45, 7) is 5.48. The largest absolute Gasteiger partial charge is 0.504 e. The first-order chi connectivity index (χ1) is 16.9. The van der Waals surface area contributed by atoms with Crippen molar-refractivity contribution in [2.45, 2.75) is 59.8 Å². The van der Waals surface area contributed by atoms with E-state index >= 15 is 0 Å². The topological polar surface area (TPSA) is 73.2 Å². The van der Waals surface area contributed by atoms with E-state index in [2.05, 4.69) is 11.5 Å². The number of phenols is 1. The molecular formula is C28H32N2O4S. The van der Waals surface area contributed by atoms with Crippen molar-refractivity contribution in [2.75, 3.05) is 25.9 Å². The number of carbonyl (C=O) groups excluding carboxylic acids is 1. The van der Waals surface area contributed by atoms with Crippen molar-refractivity contribution in [2.24, 2.45) is 0 Å². The van der Waals surface area contributed by atoms with E-state index in [4.69, 9.17) is 4.74 Å². The molecule has 2 N–H and O–H groups in total. The number of piperidine rings is 1. The number of hydrogen-bond donors (Lipinski definition) is 2. The summed E-state index contributed by atoms with van der Waals surface area (Å²) >= 11 is 1.53. The molecule has 7 heteroatoms. The van der Waals surface area contributed by atoms with E-state index in [1.165, 1.54) is 11.8 Å². The highest BCUT2D eigenvalue weighted by Crippen LogP contribution is 2.65. The number of benzene rings is 2. The van der Waals surface area contributed by atoms with Gasteiger partial charge in [0.05, 0.1) is 22.8 Å². The maximum atomic E-state index is 13.3. The molecule has 2 aromatic rings. The van der Waals surface area contributed by atoms with Crippen molar-refractivity contribution in [1.29, 1.82) is 0 Å². The predicted octanol–water partition coefficient (Wildman–Crippen LogP) is 3.35. The number of phenolic OH excluding ortho intramolecular Hbond substituents is 1. The molecule has 6 rings (SSSR count). The van der Waals surface area contributed by atoms with Crippen LogP contribution in [0.5, 0.6) is 11.5 Å². The molecule has 35 heavy (non-hydrogen) atoms. The third-order valence-corrected chi connectivity index (χ3v) is 9.90. The van der Waals surface area contributed by atoms with Gasteiger partial charge in [-0.25, -0.2) is 0 Å². The van der Waals surface area contributed by atoms with E-state index in [1.54, 1.807) is 6.07 Å². The van der Waals surface area contributed by atoms with Crippen LogP contribution in [0.3, 0.4) is 0 Å². The van der Waals surface area contributed by atoms with Crippen LogP contribution >= 0.6 is 11.8 Å². The Morgan fingerprint density at radius 1 is 1.29 bits per heavy atom. The molecule has 1 saturated carbocycles. The summed E-state index contributed by atoms with van der Waals surface area (Å²) < 4.78 is 6.57. The number of thioether (sulfide) groups is 1. The van der Waals surface area contributed by atoms with Crippen LogP contribution in [0.25, 0.3) is 0 Å². The number of rotatable bonds is 6. The number of aromatic hydroxyl groups is 1. The van der Waals surface area contributed by atoms with Gasteiger partial charge in [-0.05, 0) is 56.0 Å². The van der Waals surface area contributed by atoms with E-state index in [1.807, 2.05) is 54.4 Å². The van der Waals surface area contributed by atoms with E-state index in [0.29, 0.717) is 24.3 Å². The smallest absolute Gasteiger partial charge is 0.233 e. The predicted molar refractivity (Wildman–Crippen MR) is 136 cm³/mol. The fourth-order valence-corrected chi connectivity index (χ4v) is 8.18. The average molecular weight is 493 g/mol. The number of ether oxygens (including phenoxy) is 1. The Morgan fingerprint density at radius 2 is 2.09 bits per heavy atom. The number of likely N-dealkylation sites (tertiary alicyclic amines) is 1. The zero-order valence-electron chi connectivity index (χ0n) is 20.0. The molecule has 2 aliphatic heterocycles. The minimum Gasteiger partial charge on any atom is -0.504 e. The second-order valence-electron chi connectivity index (χ2n) is 10.3. The Balaban J connectivity index is 1.36. The summed E-state index contributed by atoms with van der Waals surface area (Å²) in [6, 6.07) is 13.4. The maximum Gasteiger partial charge on any atom is 0.233 e. The van der Waals surface area contributed by atoms with Crippen LogP contribution in [0.1, 0.15) is 30.4 Å². The van der Waals surface area contributed by atoms with Crippen molar-refractivity contribution < 1.29 is 19.7 Å². The second kappa shape index (κ2) is 8.29. The van der Waals surface area contributed by atoms with Crippen molar-refractivity contribution >= 4 is 17.7 Å². The van der Waals surface area contributed by atoms with Gasteiger partial charge in [-0.2, -0.15) is 0 Å². The number of nitrogens with zero attached hydrogens (tertiary/aromatic N) is 2. The van der Waals surface area contributed by atoms with Gasteiger partial charge in [0.25, 0.3) is 0 Å². The summed E-state index contributed by atoms with van der Waals surface area (Å²) in [6.07, 6.45) is 4.20. The van der Waals surface area contributed by atoms with E-state index in [9.17, 15) is 15.0 Å². The highest BCUT2D eigenvalue weighted by atomic mass is 32.2. The van der Waals surface area contributed by atoms with Crippen LogP contribution in [-0.4, -0.2) is 75.6 Å². The number of carbonyl (C=O) groups is 1. The zero-order valence-corrected chi connectivity index (χ0v) is 20.8. The minimum atomic E-state index is -0.982. The molecule has 0 aromatic heterocycles. The van der Waals surface area contributed by atoms with Gasteiger partial charge in [0.1, 0.15) is 6.10 Å². The average Bonchev–Trinajstić information content (AvgIpc) is 3.22. The number of likely N-dealkylation sites (N-methyl/N-ethyl adjacent to an activating group) is 1. The number of amides is 1. The molecule has 1 spiro atoms. The van der Waals surface area contributed by atoms with Crippen LogP contribution in [0.4, 0.5) is 0 Å². The van der Waals surface area contributed by atoms with Crippen LogP contribution in [0.15, 0.2) is 60.0 Å². The van der Waals surface area contributed by atoms with Gasteiger partial charge in [0.2, 0.25) is 5.91 Å². The number of aliphatic hydroxyl groups is 1. The lowest BCUT2D eigenvalue weighted by Crippen LogP contribution is -2.78. The quantitative estimate of drug-likeness (QED) is 0.476. The Morgan fingerprint density at radius 3 is 2.86 bits per heavy atom. The monoisotopic (exact) mass is 492 g/mol. The van der Waals surface area contributed by atoms with Crippen molar-refractivity contribution in [3.8, 4) is 11.5 Å². The lowest BCUT2D eigenvalue weighted by atomic mass is 9.48. The third-order valence-electron chi connectivity index (χ3n) is 8.90. The lowest BCUT2D eigenvalue weighted by molar-refractivity contribution is -0.198. The fourth-order valence-electron chi connectivity index (χ4n) is 7.33. The van der Waals surface area contributed by atoms with Gasteiger partial charge in [-0.15, -0.1) is 18.3 Å². The molecule has 2 bridgehead atoms. The molecule has 0 radical (unpaired) electrons. The molecule has 2 fully saturated rings. The van der Waals surface area contributed by atoms with Crippen molar-refractivity contribution in [3.63, 3.8) is 0 Å². The Bertz CT molecular complexity index is 1170. The molecule has 2 aromatic carbocycles. The summed E-state index contributed by atoms with van der Waals surface area (Å²) in [4.78, 5) is 18.6. The van der Waals surface area contributed by atoms with E-state index in [0.717, 1.165) is 42.0 Å². The van der Waals surface area contributed by atoms with Crippen LogP contribution < -0.4 is 4.74 Å². The second-order valence-corrected chi connectivity index (χ2v) is 11.4. The van der Waals surface area contributed by atoms with Crippen LogP contribution in [0, 0.1) is 0 Å². The normalized spacial score (nSPS) is 32.5. The summed E-state index contributed by atoms with van der Waals surface area (Å²) in [5, 5.41) is 23.2. The van der Waals surface area contributed by atoms with E-state index < -0.39 is 17.1 Å². The minimum absolute atomic E-state index is 0.0427. The number of hydrogen-bond acceptors (Lipinski definition) is 6. The first-order valence-corrected chi connectivity index (χ1v) is 13.4. The van der Waals surface area contributed by atoms with Crippen molar-refractivity contribution in [3.05, 3.63) is 66.2 Å². The van der Waals surface area contributed by atoms with Crippen LogP contribution in [0.2, 0.25) is 0 Å². The lowest BCUT2D eigenvalue weighted by Gasteiger charge is -2.64. The van der Waals surface area contributed by atoms with Gasteiger partial charge in [-0.3, -0.25) is 9.69 Å². The molecule has 2 aliphatic carbocycles.